The van der Waals surface area contributed by atoms with E-state index in [0.717, 1.165) is 0 Å². The summed E-state index contributed by atoms with van der Waals surface area (Å²) >= 11 is 3.53. The van der Waals surface area contributed by atoms with E-state index < -0.39 is 17.9 Å². The summed E-state index contributed by atoms with van der Waals surface area (Å²) in [4.78, 5) is 32.7. The Morgan fingerprint density at radius 1 is 0.941 bits per heavy atom. The summed E-state index contributed by atoms with van der Waals surface area (Å²) < 4.78 is 9.11. The fourth-order valence-electron chi connectivity index (χ4n) is 0.694. The molecule has 0 aromatic rings. The number of hydrogen-bond acceptors (Lipinski definition) is 7. The Hall–Kier alpha value is -0.460. The zero-order valence-corrected chi connectivity index (χ0v) is 12.8. The van der Waals surface area contributed by atoms with Crippen LogP contribution in [-0.4, -0.2) is 37.9 Å². The SMILES string of the molecule is O=C(CI)OC(=O)CC/C(=N/O)OC(=O)CI. The summed E-state index contributed by atoms with van der Waals surface area (Å²) in [5, 5.41) is 11.2. The first kappa shape index (κ1) is 16.5. The van der Waals surface area contributed by atoms with Gasteiger partial charge in [0.05, 0.1) is 15.3 Å². The molecule has 0 aliphatic heterocycles. The molecule has 0 spiro atoms. The van der Waals surface area contributed by atoms with E-state index >= 15 is 0 Å². The largest absolute Gasteiger partial charge is 0.408 e. The van der Waals surface area contributed by atoms with Crippen LogP contribution in [0.2, 0.25) is 0 Å². The minimum Gasteiger partial charge on any atom is -0.408 e. The van der Waals surface area contributed by atoms with Gasteiger partial charge in [0.1, 0.15) is 0 Å². The molecule has 0 saturated carbocycles. The molecule has 0 rings (SSSR count). The molecule has 0 aromatic carbocycles. The Morgan fingerprint density at radius 3 is 1.94 bits per heavy atom. The third-order valence-electron chi connectivity index (χ3n) is 1.33. The molecule has 7 nitrogen and oxygen atoms in total. The molecule has 0 saturated heterocycles. The highest BCUT2D eigenvalue weighted by atomic mass is 127. The third kappa shape index (κ3) is 8.29. The number of rotatable bonds is 5. The van der Waals surface area contributed by atoms with E-state index in [1.54, 1.807) is 45.2 Å². The molecular weight excluding hydrogens is 460 g/mol. The molecule has 0 unspecified atom stereocenters. The van der Waals surface area contributed by atoms with Crippen LogP contribution in [0, 0.1) is 0 Å². The van der Waals surface area contributed by atoms with Crippen molar-refractivity contribution in [1.82, 2.24) is 0 Å². The van der Waals surface area contributed by atoms with E-state index in [4.69, 9.17) is 5.21 Å². The van der Waals surface area contributed by atoms with Crippen LogP contribution >= 0.6 is 45.2 Å². The molecule has 0 heterocycles. The quantitative estimate of drug-likeness (QED) is 0.0945. The monoisotopic (exact) mass is 469 g/mol. The van der Waals surface area contributed by atoms with Gasteiger partial charge in [0.25, 0.3) is 0 Å². The predicted octanol–water partition coefficient (Wildman–Crippen LogP) is 1.04. The van der Waals surface area contributed by atoms with Gasteiger partial charge in [-0.25, -0.2) is 0 Å². The lowest BCUT2D eigenvalue weighted by Gasteiger charge is -2.04. The van der Waals surface area contributed by atoms with Gasteiger partial charge >= 0.3 is 17.9 Å². The molecule has 0 atom stereocenters. The molecule has 0 radical (unpaired) electrons. The van der Waals surface area contributed by atoms with Crippen LogP contribution < -0.4 is 0 Å². The average molecular weight is 469 g/mol. The van der Waals surface area contributed by atoms with Gasteiger partial charge < -0.3 is 14.7 Å². The van der Waals surface area contributed by atoms with Crippen LogP contribution in [-0.2, 0) is 23.9 Å². The van der Waals surface area contributed by atoms with E-state index in [2.05, 4.69) is 14.6 Å². The van der Waals surface area contributed by atoms with Crippen molar-refractivity contribution in [1.29, 1.82) is 0 Å². The standard InChI is InChI=1S/C8H9I2NO6/c9-3-7(13)16-5(11-15)1-2-6(12)17-8(14)4-10/h15H,1-4H2/b11-5-. The molecule has 0 fully saturated rings. The average Bonchev–Trinajstić information content (AvgIpc) is 2.33. The predicted molar refractivity (Wildman–Crippen MR) is 73.4 cm³/mol. The van der Waals surface area contributed by atoms with E-state index in [1.807, 2.05) is 0 Å². The van der Waals surface area contributed by atoms with E-state index in [1.165, 1.54) is 0 Å². The van der Waals surface area contributed by atoms with Crippen LogP contribution in [0.5, 0.6) is 0 Å². The maximum absolute atomic E-state index is 11.1. The summed E-state index contributed by atoms with van der Waals surface area (Å²) in [7, 11) is 0. The van der Waals surface area contributed by atoms with E-state index in [-0.39, 0.29) is 27.6 Å². The molecular formula is C8H9I2NO6. The number of esters is 3. The number of ether oxygens (including phenoxy) is 2. The minimum atomic E-state index is -0.765. The number of halogens is 2. The van der Waals surface area contributed by atoms with Crippen LogP contribution in [0.25, 0.3) is 0 Å². The van der Waals surface area contributed by atoms with Crippen molar-refractivity contribution in [3.8, 4) is 0 Å². The second-order valence-electron chi connectivity index (χ2n) is 2.58. The van der Waals surface area contributed by atoms with Crippen molar-refractivity contribution in [2.45, 2.75) is 12.8 Å². The van der Waals surface area contributed by atoms with Crippen LogP contribution in [0.3, 0.4) is 0 Å². The summed E-state index contributed by atoms with van der Waals surface area (Å²) in [6.07, 6.45) is -0.331. The third-order valence-corrected chi connectivity index (χ3v) is 2.58. The molecule has 0 bridgehead atoms. The van der Waals surface area contributed by atoms with Gasteiger partial charge in [-0.2, -0.15) is 0 Å². The first-order valence-electron chi connectivity index (χ1n) is 4.30. The second-order valence-corrected chi connectivity index (χ2v) is 4.11. The molecule has 1 N–H and O–H groups in total. The first-order valence-corrected chi connectivity index (χ1v) is 7.35. The Morgan fingerprint density at radius 2 is 1.47 bits per heavy atom. The minimum absolute atomic E-state index is 0.0638. The smallest absolute Gasteiger partial charge is 0.323 e. The van der Waals surface area contributed by atoms with Gasteiger partial charge in [0.15, 0.2) is 0 Å². The van der Waals surface area contributed by atoms with Crippen molar-refractivity contribution < 1.29 is 29.1 Å². The van der Waals surface area contributed by atoms with E-state index in [9.17, 15) is 14.4 Å². The van der Waals surface area contributed by atoms with Gasteiger partial charge in [-0.3, -0.25) is 14.4 Å². The Kier molecular flexibility index (Phi) is 9.30. The molecule has 0 aromatic heterocycles. The van der Waals surface area contributed by atoms with Gasteiger partial charge in [-0.1, -0.05) is 50.3 Å². The fourth-order valence-corrected chi connectivity index (χ4v) is 1.01. The van der Waals surface area contributed by atoms with Gasteiger partial charge in [-0.05, 0) is 0 Å². The van der Waals surface area contributed by atoms with Crippen LogP contribution in [0.4, 0.5) is 0 Å². The molecule has 9 heteroatoms. The van der Waals surface area contributed by atoms with Gasteiger partial charge in [0, 0.05) is 6.42 Å². The number of oxime groups is 1. The lowest BCUT2D eigenvalue weighted by atomic mass is 10.3. The highest BCUT2D eigenvalue weighted by molar-refractivity contribution is 14.1. The zero-order valence-electron chi connectivity index (χ0n) is 8.52. The molecule has 17 heavy (non-hydrogen) atoms. The van der Waals surface area contributed by atoms with E-state index in [0.29, 0.717) is 0 Å². The Labute approximate surface area is 124 Å². The maximum atomic E-state index is 11.1. The van der Waals surface area contributed by atoms with Crippen molar-refractivity contribution in [3.63, 3.8) is 0 Å². The summed E-state index contributed by atoms with van der Waals surface area (Å²) in [5.74, 6) is -2.29. The van der Waals surface area contributed by atoms with Crippen LogP contribution in [0.1, 0.15) is 12.8 Å². The molecule has 0 aliphatic carbocycles. The van der Waals surface area contributed by atoms with Crippen LogP contribution in [0.15, 0.2) is 5.16 Å². The normalized spacial score (nSPS) is 10.8. The number of nitrogens with zero attached hydrogens (tertiary/aromatic N) is 1. The van der Waals surface area contributed by atoms with Gasteiger partial charge in [-0.15, -0.1) is 0 Å². The summed E-state index contributed by atoms with van der Waals surface area (Å²) in [6.45, 7) is 0. The number of carbonyl (C=O) groups is 3. The fraction of sp³-hybridized carbons (Fsp3) is 0.500. The Bertz CT molecular complexity index is 330. The maximum Gasteiger partial charge on any atom is 0.323 e. The molecule has 0 aliphatic rings. The molecule has 0 amide bonds. The highest BCUT2D eigenvalue weighted by Crippen LogP contribution is 2.00. The number of hydrogen-bond donors (Lipinski definition) is 1. The lowest BCUT2D eigenvalue weighted by Crippen LogP contribution is -2.17. The second kappa shape index (κ2) is 9.56. The van der Waals surface area contributed by atoms with Gasteiger partial charge in [0.2, 0.25) is 5.90 Å². The molecule has 96 valence electrons. The highest BCUT2D eigenvalue weighted by Gasteiger charge is 2.13. The number of alkyl halides is 2. The lowest BCUT2D eigenvalue weighted by molar-refractivity contribution is -0.157. The summed E-state index contributed by atoms with van der Waals surface area (Å²) in [5.41, 5.74) is 0. The zero-order chi connectivity index (χ0) is 13.3. The summed E-state index contributed by atoms with van der Waals surface area (Å²) in [6, 6.07) is 0. The van der Waals surface area contributed by atoms with Crippen molar-refractivity contribution >= 4 is 69.0 Å². The van der Waals surface area contributed by atoms with Crippen molar-refractivity contribution in [2.75, 3.05) is 8.86 Å². The first-order chi connectivity index (χ1) is 8.03. The topological polar surface area (TPSA) is 102 Å². The Balaban J connectivity index is 4.03. The van der Waals surface area contributed by atoms with Crippen molar-refractivity contribution in [3.05, 3.63) is 0 Å². The number of carbonyl (C=O) groups excluding carboxylic acids is 3. The van der Waals surface area contributed by atoms with Crippen molar-refractivity contribution in [2.24, 2.45) is 5.16 Å².